The fourth-order valence-electron chi connectivity index (χ4n) is 3.83. The fourth-order valence-corrected chi connectivity index (χ4v) is 3.83. The first kappa shape index (κ1) is 25.6. The van der Waals surface area contributed by atoms with Crippen LogP contribution in [-0.4, -0.2) is 35.7 Å². The van der Waals surface area contributed by atoms with Crippen molar-refractivity contribution < 1.29 is 10.2 Å². The molecule has 32 heavy (non-hydrogen) atoms. The first-order chi connectivity index (χ1) is 14.7. The summed E-state index contributed by atoms with van der Waals surface area (Å²) in [7, 11) is 0. The second kappa shape index (κ2) is 10.3. The van der Waals surface area contributed by atoms with Crippen LogP contribution in [0.15, 0.2) is 34.3 Å². The van der Waals surface area contributed by atoms with Crippen LogP contribution in [0.2, 0.25) is 0 Å². The van der Waals surface area contributed by atoms with Crippen LogP contribution in [0.1, 0.15) is 74.9 Å². The number of aliphatic imine (C=N–C) groups is 2. The summed E-state index contributed by atoms with van der Waals surface area (Å²) < 4.78 is 0. The minimum atomic E-state index is 0.181. The first-order valence-electron chi connectivity index (χ1n) is 11.4. The van der Waals surface area contributed by atoms with E-state index in [1.807, 2.05) is 38.1 Å². The Morgan fingerprint density at radius 1 is 0.656 bits per heavy atom. The van der Waals surface area contributed by atoms with Gasteiger partial charge in [-0.15, -0.1) is 0 Å². The lowest BCUT2D eigenvalue weighted by molar-refractivity contribution is 0.410. The van der Waals surface area contributed by atoms with Crippen molar-refractivity contribution in [3.05, 3.63) is 57.6 Å². The Morgan fingerprint density at radius 2 is 1.00 bits per heavy atom. The van der Waals surface area contributed by atoms with Gasteiger partial charge < -0.3 is 10.2 Å². The summed E-state index contributed by atoms with van der Waals surface area (Å²) in [6, 6.07) is 8.12. The highest BCUT2D eigenvalue weighted by Gasteiger charge is 2.15. The van der Waals surface area contributed by atoms with Gasteiger partial charge in [-0.3, -0.25) is 9.98 Å². The molecule has 174 valence electrons. The SMILES string of the molecule is Cc1cc(CC(C)(C)C)cc(C=NCCN=Cc2cc(CC(C)(C)C)cc(C)c2O)c1O. The average molecular weight is 437 g/mol. The van der Waals surface area contributed by atoms with Crippen LogP contribution in [0.25, 0.3) is 0 Å². The number of benzene rings is 2. The molecule has 2 aromatic rings. The summed E-state index contributed by atoms with van der Waals surface area (Å²) >= 11 is 0. The van der Waals surface area contributed by atoms with Gasteiger partial charge in [0.05, 0.1) is 13.1 Å². The third-order valence-corrected chi connectivity index (χ3v) is 5.07. The maximum atomic E-state index is 10.4. The minimum Gasteiger partial charge on any atom is -0.507 e. The summed E-state index contributed by atoms with van der Waals surface area (Å²) in [4.78, 5) is 8.91. The van der Waals surface area contributed by atoms with Crippen molar-refractivity contribution in [1.82, 2.24) is 0 Å². The lowest BCUT2D eigenvalue weighted by Crippen LogP contribution is -2.09. The van der Waals surface area contributed by atoms with Gasteiger partial charge in [0, 0.05) is 23.6 Å². The van der Waals surface area contributed by atoms with Crippen molar-refractivity contribution in [3.8, 4) is 11.5 Å². The summed E-state index contributed by atoms with van der Waals surface area (Å²) in [6.07, 6.45) is 5.35. The minimum absolute atomic E-state index is 0.181. The Bertz CT molecular complexity index is 908. The topological polar surface area (TPSA) is 65.2 Å². The zero-order valence-electron chi connectivity index (χ0n) is 21.1. The van der Waals surface area contributed by atoms with E-state index in [4.69, 9.17) is 0 Å². The van der Waals surface area contributed by atoms with Gasteiger partial charge in [-0.05, 0) is 71.9 Å². The number of phenols is 2. The molecular weight excluding hydrogens is 396 g/mol. The second-order valence-electron chi connectivity index (χ2n) is 11.2. The molecule has 2 rings (SSSR count). The quantitative estimate of drug-likeness (QED) is 0.388. The third-order valence-electron chi connectivity index (χ3n) is 5.07. The third kappa shape index (κ3) is 8.14. The monoisotopic (exact) mass is 436 g/mol. The van der Waals surface area contributed by atoms with E-state index in [-0.39, 0.29) is 22.3 Å². The zero-order valence-corrected chi connectivity index (χ0v) is 21.1. The number of rotatable bonds is 7. The molecule has 0 aromatic heterocycles. The normalized spacial score (nSPS) is 12.9. The lowest BCUT2D eigenvalue weighted by Gasteiger charge is -2.19. The van der Waals surface area contributed by atoms with Crippen LogP contribution >= 0.6 is 0 Å². The zero-order chi connectivity index (χ0) is 24.1. The van der Waals surface area contributed by atoms with Crippen LogP contribution in [-0.2, 0) is 12.8 Å². The van der Waals surface area contributed by atoms with Gasteiger partial charge in [-0.25, -0.2) is 0 Å². The second-order valence-corrected chi connectivity index (χ2v) is 11.2. The van der Waals surface area contributed by atoms with E-state index in [1.54, 1.807) is 12.4 Å². The van der Waals surface area contributed by atoms with Gasteiger partial charge >= 0.3 is 0 Å². The Balaban J connectivity index is 2.05. The highest BCUT2D eigenvalue weighted by atomic mass is 16.3. The maximum Gasteiger partial charge on any atom is 0.127 e. The van der Waals surface area contributed by atoms with Gasteiger partial charge in [0.25, 0.3) is 0 Å². The van der Waals surface area contributed by atoms with Crippen molar-refractivity contribution in [2.75, 3.05) is 13.1 Å². The highest BCUT2D eigenvalue weighted by molar-refractivity contribution is 5.85. The number of hydrogen-bond donors (Lipinski definition) is 2. The Labute approximate surface area is 194 Å². The maximum absolute atomic E-state index is 10.4. The van der Waals surface area contributed by atoms with E-state index in [1.165, 1.54) is 11.1 Å². The van der Waals surface area contributed by atoms with Gasteiger partial charge in [-0.2, -0.15) is 0 Å². The molecule has 0 amide bonds. The number of hydrogen-bond acceptors (Lipinski definition) is 4. The molecule has 0 saturated carbocycles. The molecule has 4 heteroatoms. The van der Waals surface area contributed by atoms with E-state index in [9.17, 15) is 10.2 Å². The molecule has 2 aromatic carbocycles. The molecule has 0 radical (unpaired) electrons. The molecule has 4 nitrogen and oxygen atoms in total. The smallest absolute Gasteiger partial charge is 0.127 e. The Hall–Kier alpha value is -2.62. The lowest BCUT2D eigenvalue weighted by atomic mass is 9.87. The largest absolute Gasteiger partial charge is 0.507 e. The summed E-state index contributed by atoms with van der Waals surface area (Å²) in [5, 5.41) is 20.8. The summed E-state index contributed by atoms with van der Waals surface area (Å²) in [5.41, 5.74) is 6.00. The van der Waals surface area contributed by atoms with Crippen molar-refractivity contribution in [1.29, 1.82) is 0 Å². The van der Waals surface area contributed by atoms with E-state index in [0.29, 0.717) is 13.1 Å². The molecular formula is C28H40N2O2. The molecule has 2 N–H and O–H groups in total. The molecule has 0 aliphatic heterocycles. The van der Waals surface area contributed by atoms with Gasteiger partial charge in [0.15, 0.2) is 0 Å². The van der Waals surface area contributed by atoms with Crippen molar-refractivity contribution in [2.24, 2.45) is 20.8 Å². The molecule has 0 saturated heterocycles. The number of nitrogens with zero attached hydrogens (tertiary/aromatic N) is 2. The van der Waals surface area contributed by atoms with Crippen LogP contribution in [0.3, 0.4) is 0 Å². The summed E-state index contributed by atoms with van der Waals surface area (Å²) in [6.45, 7) is 18.1. The predicted molar refractivity (Wildman–Crippen MR) is 137 cm³/mol. The standard InChI is InChI=1S/C28H40N2O2/c1-19-11-21(15-27(3,4)5)13-23(25(19)31)17-29-9-10-30-18-24-14-22(16-28(6,7)8)12-20(2)26(24)32/h11-14,17-18,31-32H,9-10,15-16H2,1-8H3. The van der Waals surface area contributed by atoms with Crippen LogP contribution in [0, 0.1) is 24.7 Å². The van der Waals surface area contributed by atoms with Crippen LogP contribution in [0.5, 0.6) is 11.5 Å². The number of phenolic OH excluding ortho intramolecular Hbond substituents is 2. The van der Waals surface area contributed by atoms with E-state index in [0.717, 1.165) is 35.1 Å². The molecule has 0 atom stereocenters. The number of aromatic hydroxyl groups is 2. The Morgan fingerprint density at radius 3 is 1.31 bits per heavy atom. The Kier molecular flexibility index (Phi) is 8.28. The number of aryl methyl sites for hydroxylation is 2. The fraction of sp³-hybridized carbons (Fsp3) is 0.500. The average Bonchev–Trinajstić information content (AvgIpc) is 2.62. The van der Waals surface area contributed by atoms with E-state index in [2.05, 4.69) is 51.5 Å². The van der Waals surface area contributed by atoms with E-state index >= 15 is 0 Å². The predicted octanol–water partition coefficient (Wildman–Crippen LogP) is 6.43. The van der Waals surface area contributed by atoms with Gasteiger partial charge in [0.2, 0.25) is 0 Å². The van der Waals surface area contributed by atoms with Gasteiger partial charge in [0.1, 0.15) is 11.5 Å². The molecule has 0 unspecified atom stereocenters. The molecule has 0 aliphatic rings. The van der Waals surface area contributed by atoms with Crippen LogP contribution < -0.4 is 0 Å². The molecule has 0 heterocycles. The van der Waals surface area contributed by atoms with Crippen molar-refractivity contribution >= 4 is 12.4 Å². The molecule has 0 fully saturated rings. The van der Waals surface area contributed by atoms with Crippen molar-refractivity contribution in [2.45, 2.75) is 68.2 Å². The van der Waals surface area contributed by atoms with E-state index < -0.39 is 0 Å². The molecule has 0 aliphatic carbocycles. The highest BCUT2D eigenvalue weighted by Crippen LogP contribution is 2.28. The molecule has 0 spiro atoms. The van der Waals surface area contributed by atoms with Crippen molar-refractivity contribution in [3.63, 3.8) is 0 Å². The van der Waals surface area contributed by atoms with Crippen LogP contribution in [0.4, 0.5) is 0 Å². The molecule has 0 bridgehead atoms. The summed E-state index contributed by atoms with van der Waals surface area (Å²) in [5.74, 6) is 0.567. The first-order valence-corrected chi connectivity index (χ1v) is 11.4. The van der Waals surface area contributed by atoms with Gasteiger partial charge in [-0.1, -0.05) is 53.7 Å².